The third-order valence-electron chi connectivity index (χ3n) is 3.66. The standard InChI is InChI=1S/C15H18ClN3O2/c1-10-9-20-11(2)7-19(10)8-14-17-15(18-21-14)12-5-3-4-6-13(12)16/h3-6,10-11H,7-9H2,1-2H3/t10-,11-/m0/s1. The van der Waals surface area contributed by atoms with E-state index in [0.717, 1.165) is 18.7 Å². The number of nitrogens with zero attached hydrogens (tertiary/aromatic N) is 3. The van der Waals surface area contributed by atoms with Crippen molar-refractivity contribution in [3.63, 3.8) is 0 Å². The third-order valence-corrected chi connectivity index (χ3v) is 3.99. The maximum atomic E-state index is 6.15. The summed E-state index contributed by atoms with van der Waals surface area (Å²) in [6.45, 7) is 6.43. The molecule has 1 fully saturated rings. The summed E-state index contributed by atoms with van der Waals surface area (Å²) < 4.78 is 11.0. The highest BCUT2D eigenvalue weighted by atomic mass is 35.5. The van der Waals surface area contributed by atoms with Gasteiger partial charge in [0, 0.05) is 18.2 Å². The van der Waals surface area contributed by atoms with Crippen molar-refractivity contribution in [2.24, 2.45) is 0 Å². The van der Waals surface area contributed by atoms with Gasteiger partial charge >= 0.3 is 0 Å². The first-order chi connectivity index (χ1) is 10.1. The number of aromatic nitrogens is 2. The second kappa shape index (κ2) is 6.13. The average Bonchev–Trinajstić information content (AvgIpc) is 2.92. The number of ether oxygens (including phenoxy) is 1. The van der Waals surface area contributed by atoms with Crippen molar-refractivity contribution in [1.82, 2.24) is 15.0 Å². The molecule has 1 aliphatic heterocycles. The number of halogens is 1. The molecule has 21 heavy (non-hydrogen) atoms. The molecule has 0 radical (unpaired) electrons. The first kappa shape index (κ1) is 14.5. The van der Waals surface area contributed by atoms with E-state index in [4.69, 9.17) is 20.9 Å². The van der Waals surface area contributed by atoms with Crippen molar-refractivity contribution in [1.29, 1.82) is 0 Å². The van der Waals surface area contributed by atoms with Gasteiger partial charge in [0.05, 0.1) is 24.3 Å². The van der Waals surface area contributed by atoms with E-state index in [1.807, 2.05) is 24.3 Å². The van der Waals surface area contributed by atoms with Crippen molar-refractivity contribution in [2.45, 2.75) is 32.5 Å². The summed E-state index contributed by atoms with van der Waals surface area (Å²) in [5, 5.41) is 4.65. The lowest BCUT2D eigenvalue weighted by Crippen LogP contribution is -2.46. The van der Waals surface area contributed by atoms with Crippen molar-refractivity contribution in [3.8, 4) is 11.4 Å². The number of morpholine rings is 1. The quantitative estimate of drug-likeness (QED) is 0.872. The summed E-state index contributed by atoms with van der Waals surface area (Å²) >= 11 is 6.15. The van der Waals surface area contributed by atoms with Crippen LogP contribution in [-0.2, 0) is 11.3 Å². The Hall–Kier alpha value is -1.43. The Morgan fingerprint density at radius 2 is 2.14 bits per heavy atom. The van der Waals surface area contributed by atoms with Crippen LogP contribution in [0.1, 0.15) is 19.7 Å². The van der Waals surface area contributed by atoms with Crippen LogP contribution in [0.2, 0.25) is 5.02 Å². The molecule has 0 aliphatic carbocycles. The number of hydrogen-bond acceptors (Lipinski definition) is 5. The van der Waals surface area contributed by atoms with E-state index >= 15 is 0 Å². The van der Waals surface area contributed by atoms with E-state index in [2.05, 4.69) is 28.9 Å². The minimum absolute atomic E-state index is 0.229. The fourth-order valence-corrected chi connectivity index (χ4v) is 2.66. The summed E-state index contributed by atoms with van der Waals surface area (Å²) in [6, 6.07) is 7.83. The third kappa shape index (κ3) is 3.26. The summed E-state index contributed by atoms with van der Waals surface area (Å²) in [5.41, 5.74) is 0.789. The second-order valence-electron chi connectivity index (χ2n) is 5.41. The topological polar surface area (TPSA) is 51.4 Å². The molecule has 0 amide bonds. The SMILES string of the molecule is C[C@H]1CN(Cc2nc(-c3ccccc3Cl)no2)[C@@H](C)CO1. The Bertz CT molecular complexity index is 616. The van der Waals surface area contributed by atoms with Crippen LogP contribution in [0.5, 0.6) is 0 Å². The summed E-state index contributed by atoms with van der Waals surface area (Å²) in [6.07, 6.45) is 0.229. The van der Waals surface area contributed by atoms with Gasteiger partial charge in [0.1, 0.15) is 0 Å². The predicted octanol–water partition coefficient (Wildman–Crippen LogP) is 3.00. The molecule has 6 heteroatoms. The van der Waals surface area contributed by atoms with Gasteiger partial charge in [-0.2, -0.15) is 4.98 Å². The molecule has 0 unspecified atom stereocenters. The summed E-state index contributed by atoms with van der Waals surface area (Å²) in [5.74, 6) is 1.13. The van der Waals surface area contributed by atoms with Crippen LogP contribution in [0.4, 0.5) is 0 Å². The van der Waals surface area contributed by atoms with Crippen LogP contribution in [0.3, 0.4) is 0 Å². The molecule has 0 spiro atoms. The van der Waals surface area contributed by atoms with Crippen LogP contribution >= 0.6 is 11.6 Å². The Labute approximate surface area is 128 Å². The van der Waals surface area contributed by atoms with Crippen LogP contribution in [0.25, 0.3) is 11.4 Å². The Morgan fingerprint density at radius 3 is 2.95 bits per heavy atom. The maximum Gasteiger partial charge on any atom is 0.241 e. The maximum absolute atomic E-state index is 6.15. The fraction of sp³-hybridized carbons (Fsp3) is 0.467. The zero-order chi connectivity index (χ0) is 14.8. The molecule has 0 N–H and O–H groups in total. The van der Waals surface area contributed by atoms with Gasteiger partial charge in [-0.1, -0.05) is 28.9 Å². The molecule has 3 rings (SSSR count). The van der Waals surface area contributed by atoms with E-state index < -0.39 is 0 Å². The minimum atomic E-state index is 0.229. The minimum Gasteiger partial charge on any atom is -0.376 e. The highest BCUT2D eigenvalue weighted by Crippen LogP contribution is 2.25. The molecule has 0 bridgehead atoms. The molecule has 1 aliphatic rings. The molecule has 2 atom stereocenters. The summed E-state index contributed by atoms with van der Waals surface area (Å²) in [4.78, 5) is 6.74. The number of benzene rings is 1. The first-order valence-electron chi connectivity index (χ1n) is 7.06. The number of rotatable bonds is 3. The van der Waals surface area contributed by atoms with Crippen molar-refractivity contribution >= 4 is 11.6 Å². The van der Waals surface area contributed by atoms with Crippen LogP contribution in [0, 0.1) is 0 Å². The monoisotopic (exact) mass is 307 g/mol. The van der Waals surface area contributed by atoms with Crippen molar-refractivity contribution in [3.05, 3.63) is 35.2 Å². The summed E-state index contributed by atoms with van der Waals surface area (Å²) in [7, 11) is 0. The number of hydrogen-bond donors (Lipinski definition) is 0. The molecule has 1 aromatic heterocycles. The lowest BCUT2D eigenvalue weighted by molar-refractivity contribution is -0.0555. The molecule has 0 saturated carbocycles. The zero-order valence-electron chi connectivity index (χ0n) is 12.1. The molecule has 112 valence electrons. The Morgan fingerprint density at radius 1 is 1.33 bits per heavy atom. The highest BCUT2D eigenvalue weighted by molar-refractivity contribution is 6.33. The van der Waals surface area contributed by atoms with Gasteiger partial charge in [-0.3, -0.25) is 4.90 Å². The highest BCUT2D eigenvalue weighted by Gasteiger charge is 2.25. The van der Waals surface area contributed by atoms with Crippen LogP contribution < -0.4 is 0 Å². The Balaban J connectivity index is 1.75. The average molecular weight is 308 g/mol. The molecule has 2 heterocycles. The zero-order valence-corrected chi connectivity index (χ0v) is 12.9. The normalized spacial score (nSPS) is 23.4. The van der Waals surface area contributed by atoms with Crippen LogP contribution in [0.15, 0.2) is 28.8 Å². The van der Waals surface area contributed by atoms with Gasteiger partial charge in [0.2, 0.25) is 11.7 Å². The molecular weight excluding hydrogens is 290 g/mol. The van der Waals surface area contributed by atoms with E-state index in [1.165, 1.54) is 0 Å². The van der Waals surface area contributed by atoms with E-state index in [1.54, 1.807) is 0 Å². The fourth-order valence-electron chi connectivity index (χ4n) is 2.44. The second-order valence-corrected chi connectivity index (χ2v) is 5.82. The van der Waals surface area contributed by atoms with Crippen molar-refractivity contribution in [2.75, 3.05) is 13.2 Å². The van der Waals surface area contributed by atoms with Gasteiger partial charge in [-0.15, -0.1) is 0 Å². The van der Waals surface area contributed by atoms with E-state index in [-0.39, 0.29) is 6.10 Å². The first-order valence-corrected chi connectivity index (χ1v) is 7.44. The largest absolute Gasteiger partial charge is 0.376 e. The molecular formula is C15H18ClN3O2. The smallest absolute Gasteiger partial charge is 0.241 e. The van der Waals surface area contributed by atoms with Gasteiger partial charge in [0.25, 0.3) is 0 Å². The van der Waals surface area contributed by atoms with E-state index in [0.29, 0.717) is 29.3 Å². The molecule has 5 nitrogen and oxygen atoms in total. The Kier molecular flexibility index (Phi) is 4.24. The van der Waals surface area contributed by atoms with Gasteiger partial charge < -0.3 is 9.26 Å². The lowest BCUT2D eigenvalue weighted by Gasteiger charge is -2.35. The van der Waals surface area contributed by atoms with Crippen LogP contribution in [-0.4, -0.2) is 40.3 Å². The van der Waals surface area contributed by atoms with E-state index in [9.17, 15) is 0 Å². The molecule has 1 saturated heterocycles. The van der Waals surface area contributed by atoms with Gasteiger partial charge in [-0.05, 0) is 26.0 Å². The van der Waals surface area contributed by atoms with Gasteiger partial charge in [0.15, 0.2) is 0 Å². The molecule has 2 aromatic rings. The van der Waals surface area contributed by atoms with Crippen molar-refractivity contribution < 1.29 is 9.26 Å². The predicted molar refractivity (Wildman–Crippen MR) is 80.0 cm³/mol. The van der Waals surface area contributed by atoms with Gasteiger partial charge in [-0.25, -0.2) is 0 Å². The lowest BCUT2D eigenvalue weighted by atomic mass is 10.2. The molecule has 1 aromatic carbocycles.